The van der Waals surface area contributed by atoms with Gasteiger partial charge in [-0.1, -0.05) is 18.0 Å². The summed E-state index contributed by atoms with van der Waals surface area (Å²) in [5, 5.41) is 25.3. The Morgan fingerprint density at radius 2 is 2.00 bits per heavy atom. The van der Waals surface area contributed by atoms with Crippen LogP contribution in [0.25, 0.3) is 22.4 Å². The molecule has 1 aliphatic carbocycles. The van der Waals surface area contributed by atoms with Crippen LogP contribution in [0.5, 0.6) is 0 Å². The number of aromatic nitrogens is 4. The van der Waals surface area contributed by atoms with Gasteiger partial charge in [0.05, 0.1) is 11.2 Å². The van der Waals surface area contributed by atoms with Gasteiger partial charge in [-0.25, -0.2) is 19.3 Å². The normalized spacial score (nSPS) is 25.7. The number of nitrogens with one attached hydrogen (secondary N) is 2. The molecule has 142 valence electrons. The number of hydrogen-bond acceptors (Lipinski definition) is 6. The van der Waals surface area contributed by atoms with Gasteiger partial charge in [0, 0.05) is 23.3 Å². The molecule has 3 aromatic rings. The molecule has 0 amide bonds. The monoisotopic (exact) mass is 391 g/mol. The molecule has 0 spiro atoms. The molecule has 4 N–H and O–H groups in total. The summed E-state index contributed by atoms with van der Waals surface area (Å²) in [7, 11) is 0. The van der Waals surface area contributed by atoms with Gasteiger partial charge in [-0.3, -0.25) is 0 Å². The summed E-state index contributed by atoms with van der Waals surface area (Å²) in [5.74, 6) is -0.646. The maximum absolute atomic E-state index is 14.3. The highest BCUT2D eigenvalue weighted by Gasteiger charge is 2.48. The summed E-state index contributed by atoms with van der Waals surface area (Å²) in [6.45, 7) is 1.53. The molecule has 0 saturated heterocycles. The van der Waals surface area contributed by atoms with Gasteiger partial charge in [0.25, 0.3) is 0 Å². The van der Waals surface area contributed by atoms with Crippen molar-refractivity contribution in [2.24, 2.45) is 0 Å². The molecule has 0 aliphatic heterocycles. The average Bonchev–Trinajstić information content (AvgIpc) is 3.03. The van der Waals surface area contributed by atoms with Crippen LogP contribution in [-0.2, 0) is 0 Å². The quantitative estimate of drug-likeness (QED) is 0.511. The zero-order valence-corrected chi connectivity index (χ0v) is 15.4. The Morgan fingerprint density at radius 3 is 2.78 bits per heavy atom. The lowest BCUT2D eigenvalue weighted by Gasteiger charge is -2.45. The summed E-state index contributed by atoms with van der Waals surface area (Å²) in [4.78, 5) is 15.5. The maximum atomic E-state index is 14.3. The van der Waals surface area contributed by atoms with Gasteiger partial charge in [-0.15, -0.1) is 0 Å². The molecule has 3 heterocycles. The number of H-pyrrole nitrogens is 1. The van der Waals surface area contributed by atoms with Gasteiger partial charge in [0.15, 0.2) is 23.2 Å². The minimum atomic E-state index is -1.68. The molecule has 2 unspecified atom stereocenters. The topological polar surface area (TPSA) is 107 Å². The first-order valence-electron chi connectivity index (χ1n) is 8.68. The van der Waals surface area contributed by atoms with Crippen LogP contribution in [0, 0.1) is 5.82 Å². The minimum absolute atomic E-state index is 0.172. The van der Waals surface area contributed by atoms with E-state index in [4.69, 9.17) is 11.6 Å². The molecule has 1 saturated carbocycles. The lowest BCUT2D eigenvalue weighted by atomic mass is 9.78. The molecule has 3 aromatic heterocycles. The number of nitrogens with zero attached hydrogens (tertiary/aromatic N) is 3. The minimum Gasteiger partial charge on any atom is -0.385 e. The van der Waals surface area contributed by atoms with Crippen molar-refractivity contribution in [3.05, 3.63) is 35.5 Å². The van der Waals surface area contributed by atoms with Crippen molar-refractivity contribution >= 4 is 28.5 Å². The Kier molecular flexibility index (Phi) is 4.29. The predicted octanol–water partition coefficient (Wildman–Crippen LogP) is 3.24. The fourth-order valence-corrected chi connectivity index (χ4v) is 3.62. The number of fused-ring (bicyclic) bond motifs is 1. The van der Waals surface area contributed by atoms with E-state index in [-0.39, 0.29) is 18.1 Å². The van der Waals surface area contributed by atoms with E-state index in [9.17, 15) is 14.6 Å². The van der Waals surface area contributed by atoms with Gasteiger partial charge in [-0.05, 0) is 32.3 Å². The van der Waals surface area contributed by atoms with Gasteiger partial charge < -0.3 is 20.5 Å². The fraction of sp³-hybridized carbons (Fsp3) is 0.389. The van der Waals surface area contributed by atoms with Crippen molar-refractivity contribution in [2.75, 3.05) is 5.32 Å². The van der Waals surface area contributed by atoms with Crippen LogP contribution in [0.2, 0.25) is 5.02 Å². The Bertz CT molecular complexity index is 1010. The van der Waals surface area contributed by atoms with Crippen molar-refractivity contribution < 1.29 is 14.6 Å². The van der Waals surface area contributed by atoms with E-state index >= 15 is 0 Å². The highest BCUT2D eigenvalue weighted by atomic mass is 35.5. The number of anilines is 1. The molecular formula is C18H19ClFN5O2. The van der Waals surface area contributed by atoms with E-state index in [1.54, 1.807) is 12.3 Å². The second kappa shape index (κ2) is 6.40. The Balaban J connectivity index is 1.74. The lowest BCUT2D eigenvalue weighted by Crippen LogP contribution is -2.59. The number of aromatic amines is 1. The molecule has 1 fully saturated rings. The average molecular weight is 392 g/mol. The van der Waals surface area contributed by atoms with Crippen molar-refractivity contribution in [1.82, 2.24) is 19.9 Å². The van der Waals surface area contributed by atoms with Crippen LogP contribution in [0.1, 0.15) is 32.6 Å². The summed E-state index contributed by atoms with van der Waals surface area (Å²) in [5.41, 5.74) is -1.87. The third-order valence-corrected chi connectivity index (χ3v) is 5.36. The molecule has 7 nitrogen and oxygen atoms in total. The zero-order valence-electron chi connectivity index (χ0n) is 14.6. The second-order valence-corrected chi connectivity index (χ2v) is 7.54. The van der Waals surface area contributed by atoms with Gasteiger partial charge in [-0.2, -0.15) is 0 Å². The van der Waals surface area contributed by atoms with E-state index in [1.165, 1.54) is 13.1 Å². The van der Waals surface area contributed by atoms with Crippen LogP contribution in [0.3, 0.4) is 0 Å². The van der Waals surface area contributed by atoms with Crippen molar-refractivity contribution in [3.63, 3.8) is 0 Å². The third kappa shape index (κ3) is 3.13. The summed E-state index contributed by atoms with van der Waals surface area (Å²) < 4.78 is 14.3. The molecule has 0 bridgehead atoms. The van der Waals surface area contributed by atoms with Crippen LogP contribution in [0.15, 0.2) is 24.7 Å². The fourth-order valence-electron chi connectivity index (χ4n) is 3.47. The molecular weight excluding hydrogens is 373 g/mol. The largest absolute Gasteiger partial charge is 0.385 e. The van der Waals surface area contributed by atoms with E-state index in [0.717, 1.165) is 12.6 Å². The van der Waals surface area contributed by atoms with Crippen LogP contribution < -0.4 is 5.32 Å². The van der Waals surface area contributed by atoms with Crippen molar-refractivity contribution in [2.45, 2.75) is 43.9 Å². The molecule has 0 aromatic carbocycles. The number of rotatable bonds is 3. The zero-order chi connectivity index (χ0) is 19.2. The summed E-state index contributed by atoms with van der Waals surface area (Å²) >= 11 is 6.02. The lowest BCUT2D eigenvalue weighted by molar-refractivity contribution is -0.148. The predicted molar refractivity (Wildman–Crippen MR) is 99.8 cm³/mol. The number of pyridine rings is 1. The molecule has 9 heteroatoms. The van der Waals surface area contributed by atoms with E-state index < -0.39 is 17.1 Å². The first kappa shape index (κ1) is 18.1. The molecule has 0 radical (unpaired) electrons. The molecule has 27 heavy (non-hydrogen) atoms. The van der Waals surface area contributed by atoms with Gasteiger partial charge in [0.1, 0.15) is 11.2 Å². The van der Waals surface area contributed by atoms with E-state index in [0.29, 0.717) is 34.5 Å². The van der Waals surface area contributed by atoms with Gasteiger partial charge >= 0.3 is 0 Å². The van der Waals surface area contributed by atoms with Gasteiger partial charge in [0.2, 0.25) is 0 Å². The molecule has 1 aliphatic rings. The maximum Gasteiger partial charge on any atom is 0.183 e. The van der Waals surface area contributed by atoms with Crippen LogP contribution >= 0.6 is 11.6 Å². The van der Waals surface area contributed by atoms with E-state index in [1.807, 2.05) is 0 Å². The number of halogens is 2. The Morgan fingerprint density at radius 1 is 1.22 bits per heavy atom. The molecule has 4 rings (SSSR count). The molecule has 2 atom stereocenters. The van der Waals surface area contributed by atoms with Crippen molar-refractivity contribution in [3.8, 4) is 11.4 Å². The third-order valence-electron chi connectivity index (χ3n) is 5.15. The first-order chi connectivity index (χ1) is 12.8. The Labute approximate surface area is 159 Å². The second-order valence-electron chi connectivity index (χ2n) is 7.11. The Hall–Kier alpha value is -2.29. The van der Waals surface area contributed by atoms with E-state index in [2.05, 4.69) is 25.3 Å². The highest BCUT2D eigenvalue weighted by Crippen LogP contribution is 2.38. The number of aliphatic hydroxyl groups is 2. The van der Waals surface area contributed by atoms with Crippen LogP contribution in [-0.4, -0.2) is 41.5 Å². The summed E-state index contributed by atoms with van der Waals surface area (Å²) in [6, 6.07) is 1.72. The standard InChI is InChI=1S/C18H19ClFN5O2/c1-17(26)4-2-3-5-18(17,27)25-16-13(20)9-23-15(24-16)12-8-22-14-11(12)6-10(19)7-21-14/h6-9,26-27H,2-5H2,1H3,(H,21,22)(H,23,24,25). The first-order valence-corrected chi connectivity index (χ1v) is 9.05. The number of hydrogen-bond donors (Lipinski definition) is 4. The highest BCUT2D eigenvalue weighted by molar-refractivity contribution is 6.31. The van der Waals surface area contributed by atoms with Crippen LogP contribution in [0.4, 0.5) is 10.2 Å². The summed E-state index contributed by atoms with van der Waals surface area (Å²) in [6.07, 6.45) is 6.40. The SMILES string of the molecule is CC1(O)CCCCC1(O)Nc1nc(-c2c[nH]c3ncc(Cl)cc23)ncc1F. The van der Waals surface area contributed by atoms with Crippen molar-refractivity contribution in [1.29, 1.82) is 0 Å². The smallest absolute Gasteiger partial charge is 0.183 e.